The molecule has 0 fully saturated rings. The number of nitrogens with zero attached hydrogens (tertiary/aromatic N) is 3. The third-order valence-electron chi connectivity index (χ3n) is 2.32. The Hall–Kier alpha value is -0.830. The van der Waals surface area contributed by atoms with E-state index in [1.165, 1.54) is 23.1 Å². The van der Waals surface area contributed by atoms with Gasteiger partial charge in [0, 0.05) is 6.20 Å². The van der Waals surface area contributed by atoms with Crippen LogP contribution < -0.4 is 5.32 Å². The minimum atomic E-state index is -0.298. The number of amides is 1. The smallest absolute Gasteiger partial charge is 0.237 e. The first-order valence-electron chi connectivity index (χ1n) is 6.14. The zero-order valence-electron chi connectivity index (χ0n) is 11.4. The Morgan fingerprint density at radius 3 is 2.95 bits per heavy atom. The van der Waals surface area contributed by atoms with Crippen LogP contribution in [0.25, 0.3) is 0 Å². The van der Waals surface area contributed by atoms with E-state index >= 15 is 0 Å². The maximum Gasteiger partial charge on any atom is 0.237 e. The summed E-state index contributed by atoms with van der Waals surface area (Å²) >= 11 is 10.4. The van der Waals surface area contributed by atoms with Crippen LogP contribution in [-0.4, -0.2) is 32.1 Å². The largest absolute Gasteiger partial charge is 0.322 e. The average Bonchev–Trinajstić information content (AvgIpc) is 2.89. The molecule has 2 aromatic rings. The Balaban J connectivity index is 1.94. The van der Waals surface area contributed by atoms with Gasteiger partial charge in [-0.15, -0.1) is 10.2 Å². The van der Waals surface area contributed by atoms with Gasteiger partial charge in [0.2, 0.25) is 5.91 Å². The SMILES string of the molecule is CCSc1nnc(S[C@@H](C)C(=O)Nc2cccnc2Cl)s1. The molecule has 5 nitrogen and oxygen atoms in total. The first kappa shape index (κ1) is 16.5. The van der Waals surface area contributed by atoms with Crippen molar-refractivity contribution in [3.8, 4) is 0 Å². The van der Waals surface area contributed by atoms with Crippen molar-refractivity contribution in [1.29, 1.82) is 0 Å². The zero-order chi connectivity index (χ0) is 15.2. The molecule has 0 aromatic carbocycles. The second kappa shape index (κ2) is 7.98. The van der Waals surface area contributed by atoms with E-state index in [9.17, 15) is 4.79 Å². The van der Waals surface area contributed by atoms with Crippen LogP contribution >= 0.6 is 46.5 Å². The molecule has 0 aliphatic heterocycles. The zero-order valence-corrected chi connectivity index (χ0v) is 14.6. The van der Waals surface area contributed by atoms with Crippen LogP contribution in [0.2, 0.25) is 5.15 Å². The molecule has 1 amide bonds. The van der Waals surface area contributed by atoms with E-state index in [0.717, 1.165) is 14.4 Å². The summed E-state index contributed by atoms with van der Waals surface area (Å²) in [5, 5.41) is 10.9. The topological polar surface area (TPSA) is 67.8 Å². The highest BCUT2D eigenvalue weighted by molar-refractivity contribution is 8.03. The quantitative estimate of drug-likeness (QED) is 0.624. The van der Waals surface area contributed by atoms with Gasteiger partial charge in [0.15, 0.2) is 13.8 Å². The number of hydrogen-bond acceptors (Lipinski definition) is 7. The fourth-order valence-electron chi connectivity index (χ4n) is 1.34. The van der Waals surface area contributed by atoms with Crippen molar-refractivity contribution in [2.45, 2.75) is 27.8 Å². The van der Waals surface area contributed by atoms with Gasteiger partial charge < -0.3 is 5.32 Å². The number of aromatic nitrogens is 3. The van der Waals surface area contributed by atoms with E-state index in [0.29, 0.717) is 5.69 Å². The average molecular weight is 361 g/mol. The molecule has 0 aliphatic carbocycles. The van der Waals surface area contributed by atoms with Crippen molar-refractivity contribution >= 4 is 58.1 Å². The van der Waals surface area contributed by atoms with E-state index in [2.05, 4.69) is 27.4 Å². The Morgan fingerprint density at radius 1 is 1.48 bits per heavy atom. The van der Waals surface area contributed by atoms with Gasteiger partial charge in [0.05, 0.1) is 10.9 Å². The first-order chi connectivity index (χ1) is 10.1. The molecule has 0 unspecified atom stereocenters. The predicted octanol–water partition coefficient (Wildman–Crippen LogP) is 3.82. The highest BCUT2D eigenvalue weighted by atomic mass is 35.5. The number of carbonyl (C=O) groups is 1. The molecule has 2 aromatic heterocycles. The Bertz CT molecular complexity index is 622. The molecular weight excluding hydrogens is 348 g/mol. The summed E-state index contributed by atoms with van der Waals surface area (Å²) in [5.74, 6) is 0.810. The molecule has 0 aliphatic rings. The van der Waals surface area contributed by atoms with Gasteiger partial charge in [-0.2, -0.15) is 0 Å². The monoisotopic (exact) mass is 360 g/mol. The summed E-state index contributed by atoms with van der Waals surface area (Å²) in [6.07, 6.45) is 1.57. The van der Waals surface area contributed by atoms with Crippen LogP contribution in [0.5, 0.6) is 0 Å². The molecule has 21 heavy (non-hydrogen) atoms. The fourth-order valence-corrected chi connectivity index (χ4v) is 4.57. The lowest BCUT2D eigenvalue weighted by Gasteiger charge is -2.10. The van der Waals surface area contributed by atoms with Crippen LogP contribution in [0.3, 0.4) is 0 Å². The number of nitrogens with one attached hydrogen (secondary N) is 1. The summed E-state index contributed by atoms with van der Waals surface area (Å²) in [4.78, 5) is 16.1. The lowest BCUT2D eigenvalue weighted by atomic mass is 10.4. The van der Waals surface area contributed by atoms with E-state index in [-0.39, 0.29) is 16.3 Å². The maximum atomic E-state index is 12.1. The number of halogens is 1. The van der Waals surface area contributed by atoms with Crippen molar-refractivity contribution in [1.82, 2.24) is 15.2 Å². The molecule has 0 saturated heterocycles. The molecule has 0 saturated carbocycles. The van der Waals surface area contributed by atoms with Gasteiger partial charge in [-0.25, -0.2) is 4.98 Å². The third kappa shape index (κ3) is 4.84. The predicted molar refractivity (Wildman–Crippen MR) is 89.5 cm³/mol. The van der Waals surface area contributed by atoms with E-state index in [4.69, 9.17) is 11.6 Å². The van der Waals surface area contributed by atoms with Gasteiger partial charge in [0.1, 0.15) is 0 Å². The van der Waals surface area contributed by atoms with Crippen LogP contribution in [0, 0.1) is 0 Å². The van der Waals surface area contributed by atoms with Crippen molar-refractivity contribution in [2.75, 3.05) is 11.1 Å². The van der Waals surface area contributed by atoms with Crippen LogP contribution in [0.4, 0.5) is 5.69 Å². The number of pyridine rings is 1. The van der Waals surface area contributed by atoms with E-state index in [1.54, 1.807) is 30.1 Å². The number of anilines is 1. The van der Waals surface area contributed by atoms with Crippen LogP contribution in [0.15, 0.2) is 27.0 Å². The number of carbonyl (C=O) groups excluding carboxylic acids is 1. The summed E-state index contributed by atoms with van der Waals surface area (Å²) < 4.78 is 1.70. The van der Waals surface area contributed by atoms with Gasteiger partial charge >= 0.3 is 0 Å². The summed E-state index contributed by atoms with van der Waals surface area (Å²) in [7, 11) is 0. The minimum Gasteiger partial charge on any atom is -0.322 e. The number of thioether (sulfide) groups is 2. The van der Waals surface area contributed by atoms with Gasteiger partial charge in [-0.3, -0.25) is 4.79 Å². The summed E-state index contributed by atoms with van der Waals surface area (Å²) in [6.45, 7) is 3.88. The van der Waals surface area contributed by atoms with Crippen LogP contribution in [-0.2, 0) is 4.79 Å². The van der Waals surface area contributed by atoms with E-state index < -0.39 is 0 Å². The molecule has 9 heteroatoms. The highest BCUT2D eigenvalue weighted by Gasteiger charge is 2.18. The molecule has 1 atom stereocenters. The fraction of sp³-hybridized carbons (Fsp3) is 0.333. The van der Waals surface area contributed by atoms with Gasteiger partial charge in [-0.1, -0.05) is 53.4 Å². The standard InChI is InChI=1S/C12H13ClN4OS3/c1-3-19-11-16-17-12(21-11)20-7(2)10(18)15-8-5-4-6-14-9(8)13/h4-7H,3H2,1-2H3,(H,15,18)/t7-/m0/s1. The molecule has 0 spiro atoms. The molecule has 2 heterocycles. The highest BCUT2D eigenvalue weighted by Crippen LogP contribution is 2.31. The van der Waals surface area contributed by atoms with Crippen molar-refractivity contribution in [3.05, 3.63) is 23.5 Å². The molecule has 112 valence electrons. The minimum absolute atomic E-state index is 0.144. The molecule has 0 radical (unpaired) electrons. The Morgan fingerprint density at radius 2 is 2.24 bits per heavy atom. The molecular formula is C12H13ClN4OS3. The maximum absolute atomic E-state index is 12.1. The Labute approximate surface area is 140 Å². The van der Waals surface area contributed by atoms with Gasteiger partial charge in [0.25, 0.3) is 0 Å². The normalized spacial score (nSPS) is 12.1. The van der Waals surface area contributed by atoms with Crippen molar-refractivity contribution < 1.29 is 4.79 Å². The molecule has 2 rings (SSSR count). The Kier molecular flexibility index (Phi) is 6.28. The second-order valence-corrected chi connectivity index (χ2v) is 8.29. The third-order valence-corrected chi connectivity index (χ3v) is 5.74. The van der Waals surface area contributed by atoms with Crippen molar-refractivity contribution in [2.24, 2.45) is 0 Å². The van der Waals surface area contributed by atoms with Crippen LogP contribution in [0.1, 0.15) is 13.8 Å². The van der Waals surface area contributed by atoms with E-state index in [1.807, 2.05) is 6.92 Å². The number of hydrogen-bond donors (Lipinski definition) is 1. The molecule has 1 N–H and O–H groups in total. The lowest BCUT2D eigenvalue weighted by Crippen LogP contribution is -2.22. The molecule has 0 bridgehead atoms. The summed E-state index contributed by atoms with van der Waals surface area (Å²) in [6, 6.07) is 3.43. The van der Waals surface area contributed by atoms with Crippen molar-refractivity contribution in [3.63, 3.8) is 0 Å². The summed E-state index contributed by atoms with van der Waals surface area (Å²) in [5.41, 5.74) is 0.510. The second-order valence-electron chi connectivity index (χ2n) is 3.86. The lowest BCUT2D eigenvalue weighted by molar-refractivity contribution is -0.115. The van der Waals surface area contributed by atoms with Gasteiger partial charge in [-0.05, 0) is 24.8 Å². The number of rotatable bonds is 6. The first-order valence-corrected chi connectivity index (χ1v) is 9.20.